The molecule has 1 unspecified atom stereocenters. The number of carbonyl (C=O) groups excluding carboxylic acids is 1. The molecule has 0 spiro atoms. The Labute approximate surface area is 171 Å². The Morgan fingerprint density at radius 2 is 1.93 bits per heavy atom. The Morgan fingerprint density at radius 3 is 2.61 bits per heavy atom. The molecule has 0 aromatic heterocycles. The first-order valence-corrected chi connectivity index (χ1v) is 10.7. The van der Waals surface area contributed by atoms with Gasteiger partial charge in [-0.05, 0) is 79.8 Å². The average molecular weight is 405 g/mol. The van der Waals surface area contributed by atoms with Gasteiger partial charge in [-0.1, -0.05) is 23.8 Å². The number of aliphatic hydroxyl groups is 1. The summed E-state index contributed by atoms with van der Waals surface area (Å²) in [5, 5.41) is 9.97. The summed E-state index contributed by atoms with van der Waals surface area (Å²) in [7, 11) is 0. The van der Waals surface area contributed by atoms with Gasteiger partial charge in [0.15, 0.2) is 0 Å². The molecule has 0 bridgehead atoms. The van der Waals surface area contributed by atoms with Crippen molar-refractivity contribution in [1.82, 2.24) is 0 Å². The molecule has 0 saturated carbocycles. The van der Waals surface area contributed by atoms with Gasteiger partial charge in [0.1, 0.15) is 5.82 Å². The highest BCUT2D eigenvalue weighted by Crippen LogP contribution is 2.30. The molecule has 2 aromatic rings. The minimum atomic E-state index is -0.692. The third kappa shape index (κ3) is 6.35. The lowest BCUT2D eigenvalue weighted by molar-refractivity contribution is -0.144. The number of halogens is 1. The van der Waals surface area contributed by atoms with Crippen molar-refractivity contribution in [2.45, 2.75) is 46.6 Å². The minimum Gasteiger partial charge on any atom is -0.466 e. The Balaban J connectivity index is 2.05. The fraction of sp³-hybridized carbons (Fsp3) is 0.435. The first-order chi connectivity index (χ1) is 13.3. The SMILES string of the molecule is CCOC(=O)CC(O)CSCCc1c(C)cc(C)cc1-c1ccc(F)c(C)c1. The van der Waals surface area contributed by atoms with Crippen LogP contribution in [0.3, 0.4) is 0 Å². The zero-order valence-electron chi connectivity index (χ0n) is 17.0. The van der Waals surface area contributed by atoms with E-state index < -0.39 is 6.10 Å². The monoisotopic (exact) mass is 404 g/mol. The maximum absolute atomic E-state index is 13.7. The highest BCUT2D eigenvalue weighted by atomic mass is 32.2. The lowest BCUT2D eigenvalue weighted by atomic mass is 9.91. The fourth-order valence-electron chi connectivity index (χ4n) is 3.26. The molecule has 2 aromatic carbocycles. The lowest BCUT2D eigenvalue weighted by Gasteiger charge is -2.16. The average Bonchev–Trinajstić information content (AvgIpc) is 2.62. The van der Waals surface area contributed by atoms with Crippen LogP contribution in [0.1, 0.15) is 35.6 Å². The van der Waals surface area contributed by atoms with Crippen molar-refractivity contribution in [3.8, 4) is 11.1 Å². The van der Waals surface area contributed by atoms with Gasteiger partial charge in [0.25, 0.3) is 0 Å². The number of rotatable bonds is 9. The molecule has 0 radical (unpaired) electrons. The molecule has 28 heavy (non-hydrogen) atoms. The molecule has 0 heterocycles. The maximum atomic E-state index is 13.7. The van der Waals surface area contributed by atoms with Crippen LogP contribution in [0, 0.1) is 26.6 Å². The second-order valence-corrected chi connectivity index (χ2v) is 8.21. The number of carbonyl (C=O) groups is 1. The molecule has 5 heteroatoms. The Morgan fingerprint density at radius 1 is 1.18 bits per heavy atom. The molecule has 1 atom stereocenters. The van der Waals surface area contributed by atoms with E-state index in [4.69, 9.17) is 4.74 Å². The van der Waals surface area contributed by atoms with Gasteiger partial charge < -0.3 is 9.84 Å². The number of benzene rings is 2. The van der Waals surface area contributed by atoms with E-state index in [0.29, 0.717) is 17.9 Å². The van der Waals surface area contributed by atoms with Gasteiger partial charge in [0.05, 0.1) is 19.1 Å². The number of esters is 1. The predicted octanol–water partition coefficient (Wildman–Crippen LogP) is 5.01. The van der Waals surface area contributed by atoms with Crippen molar-refractivity contribution in [3.05, 3.63) is 58.4 Å². The second kappa shape index (κ2) is 10.6. The van der Waals surface area contributed by atoms with Crippen LogP contribution in [-0.4, -0.2) is 35.3 Å². The molecule has 0 fully saturated rings. The van der Waals surface area contributed by atoms with Crippen molar-refractivity contribution in [2.24, 2.45) is 0 Å². The van der Waals surface area contributed by atoms with Crippen LogP contribution in [-0.2, 0) is 16.0 Å². The number of aliphatic hydroxyl groups excluding tert-OH is 1. The van der Waals surface area contributed by atoms with Crippen molar-refractivity contribution < 1.29 is 19.0 Å². The summed E-state index contributed by atoms with van der Waals surface area (Å²) in [4.78, 5) is 11.4. The van der Waals surface area contributed by atoms with Gasteiger partial charge in [0.2, 0.25) is 0 Å². The van der Waals surface area contributed by atoms with Crippen molar-refractivity contribution in [1.29, 1.82) is 0 Å². The maximum Gasteiger partial charge on any atom is 0.308 e. The van der Waals surface area contributed by atoms with Crippen LogP contribution in [0.4, 0.5) is 4.39 Å². The lowest BCUT2D eigenvalue weighted by Crippen LogP contribution is -2.18. The molecule has 2 rings (SSSR count). The summed E-state index contributed by atoms with van der Waals surface area (Å²) in [5.74, 6) is 0.769. The van der Waals surface area contributed by atoms with Crippen LogP contribution >= 0.6 is 11.8 Å². The smallest absolute Gasteiger partial charge is 0.308 e. The van der Waals surface area contributed by atoms with E-state index in [0.717, 1.165) is 23.3 Å². The molecule has 0 aliphatic heterocycles. The standard InChI is InChI=1S/C23H29FO3S/c1-5-27-23(26)13-19(25)14-28-9-8-20-16(3)10-15(2)11-21(20)18-6-7-22(24)17(4)12-18/h6-7,10-12,19,25H,5,8-9,13-14H2,1-4H3. The molecule has 0 amide bonds. The van der Waals surface area contributed by atoms with Crippen LogP contribution in [0.2, 0.25) is 0 Å². The number of thioether (sulfide) groups is 1. The summed E-state index contributed by atoms with van der Waals surface area (Å²) >= 11 is 1.62. The zero-order chi connectivity index (χ0) is 20.7. The molecule has 152 valence electrons. The summed E-state index contributed by atoms with van der Waals surface area (Å²) in [6, 6.07) is 9.55. The van der Waals surface area contributed by atoms with Crippen molar-refractivity contribution in [3.63, 3.8) is 0 Å². The van der Waals surface area contributed by atoms with Gasteiger partial charge in [-0.2, -0.15) is 11.8 Å². The molecule has 1 N–H and O–H groups in total. The van der Waals surface area contributed by atoms with E-state index in [-0.39, 0.29) is 18.2 Å². The first-order valence-electron chi connectivity index (χ1n) is 9.59. The Kier molecular flexibility index (Phi) is 8.52. The van der Waals surface area contributed by atoms with E-state index in [1.807, 2.05) is 12.1 Å². The summed E-state index contributed by atoms with van der Waals surface area (Å²) in [6.45, 7) is 8.03. The second-order valence-electron chi connectivity index (χ2n) is 7.06. The van der Waals surface area contributed by atoms with E-state index in [2.05, 4.69) is 26.0 Å². The summed E-state index contributed by atoms with van der Waals surface area (Å²) in [5.41, 5.74) is 6.42. The van der Waals surface area contributed by atoms with Gasteiger partial charge in [-0.3, -0.25) is 4.79 Å². The van der Waals surface area contributed by atoms with E-state index in [1.54, 1.807) is 25.6 Å². The normalized spacial score (nSPS) is 12.1. The number of hydrogen-bond acceptors (Lipinski definition) is 4. The summed E-state index contributed by atoms with van der Waals surface area (Å²) in [6.07, 6.45) is 0.182. The fourth-order valence-corrected chi connectivity index (χ4v) is 4.17. The third-order valence-electron chi connectivity index (χ3n) is 4.60. The van der Waals surface area contributed by atoms with Crippen LogP contribution < -0.4 is 0 Å². The van der Waals surface area contributed by atoms with Gasteiger partial charge in [-0.15, -0.1) is 0 Å². The van der Waals surface area contributed by atoms with E-state index in [1.165, 1.54) is 22.8 Å². The van der Waals surface area contributed by atoms with Crippen LogP contribution in [0.25, 0.3) is 11.1 Å². The molecule has 0 saturated heterocycles. The molecular weight excluding hydrogens is 375 g/mol. The first kappa shape index (κ1) is 22.4. The minimum absolute atomic E-state index is 0.0322. The highest BCUT2D eigenvalue weighted by molar-refractivity contribution is 7.99. The Hall–Kier alpha value is -1.85. The van der Waals surface area contributed by atoms with E-state index >= 15 is 0 Å². The molecular formula is C23H29FO3S. The zero-order valence-corrected chi connectivity index (χ0v) is 17.9. The largest absolute Gasteiger partial charge is 0.466 e. The van der Waals surface area contributed by atoms with E-state index in [9.17, 15) is 14.3 Å². The quantitative estimate of drug-likeness (QED) is 0.471. The van der Waals surface area contributed by atoms with Crippen LogP contribution in [0.5, 0.6) is 0 Å². The predicted molar refractivity (Wildman–Crippen MR) is 114 cm³/mol. The summed E-state index contributed by atoms with van der Waals surface area (Å²) < 4.78 is 18.5. The number of hydrogen-bond donors (Lipinski definition) is 1. The number of ether oxygens (including phenoxy) is 1. The molecule has 0 aliphatic rings. The Bertz CT molecular complexity index is 820. The van der Waals surface area contributed by atoms with Gasteiger partial charge >= 0.3 is 5.97 Å². The van der Waals surface area contributed by atoms with Crippen LogP contribution in [0.15, 0.2) is 30.3 Å². The van der Waals surface area contributed by atoms with Gasteiger partial charge in [0, 0.05) is 5.75 Å². The third-order valence-corrected chi connectivity index (χ3v) is 5.71. The highest BCUT2D eigenvalue weighted by Gasteiger charge is 2.13. The molecule has 0 aliphatic carbocycles. The van der Waals surface area contributed by atoms with Gasteiger partial charge in [-0.25, -0.2) is 4.39 Å². The number of aryl methyl sites for hydroxylation is 3. The van der Waals surface area contributed by atoms with Crippen molar-refractivity contribution in [2.75, 3.05) is 18.1 Å². The topological polar surface area (TPSA) is 46.5 Å². The molecule has 3 nitrogen and oxygen atoms in total. The van der Waals surface area contributed by atoms with Crippen molar-refractivity contribution >= 4 is 17.7 Å².